The van der Waals surface area contributed by atoms with E-state index in [1.807, 2.05) is 12.1 Å². The molecule has 2 fully saturated rings. The molecule has 2 radical (unpaired) electrons. The van der Waals surface area contributed by atoms with Crippen LogP contribution in [0.3, 0.4) is 0 Å². The van der Waals surface area contributed by atoms with Crippen LogP contribution in [0, 0.1) is 17.8 Å². The number of nitrogens with zero attached hydrogens (tertiary/aromatic N) is 4. The molecular weight excluding hydrogens is 632 g/mol. The molecule has 264 valence electrons. The number of hydrogen-bond acceptors (Lipinski definition) is 10. The molecule has 2 aliphatic heterocycles. The first-order valence-electron chi connectivity index (χ1n) is 16.6. The molecule has 1 amide bonds. The number of halogens is 1. The van der Waals surface area contributed by atoms with Crippen LogP contribution in [0.15, 0.2) is 42.6 Å². The molecule has 0 unspecified atom stereocenters. The number of methoxy groups -OCH3 is 1. The van der Waals surface area contributed by atoms with Gasteiger partial charge in [0.1, 0.15) is 17.6 Å². The van der Waals surface area contributed by atoms with Gasteiger partial charge in [0.15, 0.2) is 11.4 Å². The van der Waals surface area contributed by atoms with Crippen molar-refractivity contribution in [3.05, 3.63) is 42.6 Å². The van der Waals surface area contributed by atoms with Crippen LogP contribution >= 0.6 is 0 Å². The molecule has 9 atom stereocenters. The Hall–Kier alpha value is -4.07. The zero-order valence-electron chi connectivity index (χ0n) is 29.5. The average Bonchev–Trinajstić information content (AvgIpc) is 3.64. The second-order valence-corrected chi connectivity index (χ2v) is 13.9. The first-order chi connectivity index (χ1) is 22.9. The highest BCUT2D eigenvalue weighted by Gasteiger charge is 2.61. The second kappa shape index (κ2) is 14.4. The molecule has 2 N–H and O–H groups in total. The number of aromatic nitrogens is 3. The Bertz CT molecular complexity index is 1600. The van der Waals surface area contributed by atoms with E-state index in [1.54, 1.807) is 69.8 Å². The number of carbonyl (C=O) groups excluding carboxylic acids is 4. The molecule has 12 nitrogen and oxygen atoms in total. The van der Waals surface area contributed by atoms with Gasteiger partial charge in [0.2, 0.25) is 0 Å². The minimum Gasteiger partial charge on any atom is -0.455 e. The molecule has 2 saturated heterocycles. The van der Waals surface area contributed by atoms with E-state index < -0.39 is 70.4 Å². The van der Waals surface area contributed by atoms with Crippen LogP contribution in [0.5, 0.6) is 0 Å². The van der Waals surface area contributed by atoms with Crippen LogP contribution in [0.25, 0.3) is 11.3 Å². The molecule has 1 aromatic heterocycles. The lowest BCUT2D eigenvalue weighted by Gasteiger charge is -2.43. The van der Waals surface area contributed by atoms with E-state index in [1.165, 1.54) is 18.9 Å². The van der Waals surface area contributed by atoms with E-state index in [0.29, 0.717) is 17.9 Å². The van der Waals surface area contributed by atoms with Crippen molar-refractivity contribution in [1.82, 2.24) is 19.9 Å². The summed E-state index contributed by atoms with van der Waals surface area (Å²) in [5.74, 6) is -6.38. The van der Waals surface area contributed by atoms with Crippen molar-refractivity contribution in [3.8, 4) is 11.3 Å². The van der Waals surface area contributed by atoms with Gasteiger partial charge >= 0.3 is 12.1 Å². The third kappa shape index (κ3) is 7.29. The summed E-state index contributed by atoms with van der Waals surface area (Å²) in [6.07, 6.45) is 3.59. The lowest BCUT2D eigenvalue weighted by Crippen LogP contribution is -2.59. The molecule has 14 heteroatoms. The highest BCUT2D eigenvalue weighted by Crippen LogP contribution is 2.44. The number of anilines is 1. The summed E-state index contributed by atoms with van der Waals surface area (Å²) >= 11 is 0. The van der Waals surface area contributed by atoms with Crippen LogP contribution in [0.4, 0.5) is 14.9 Å². The third-order valence-electron chi connectivity index (χ3n) is 10.3. The highest BCUT2D eigenvalue weighted by atomic mass is 19.1. The monoisotopic (exact) mass is 679 g/mol. The van der Waals surface area contributed by atoms with Gasteiger partial charge in [-0.15, -0.1) is 5.10 Å². The maximum Gasteiger partial charge on any atom is 0.411 e. The molecule has 0 saturated carbocycles. The number of ketones is 2. The lowest BCUT2D eigenvalue weighted by atomic mass is 9.61. The fourth-order valence-electron chi connectivity index (χ4n) is 7.26. The summed E-state index contributed by atoms with van der Waals surface area (Å²) in [6.45, 7) is 11.0. The van der Waals surface area contributed by atoms with Crippen molar-refractivity contribution < 1.29 is 37.8 Å². The number of amides is 1. The predicted molar refractivity (Wildman–Crippen MR) is 181 cm³/mol. The van der Waals surface area contributed by atoms with Gasteiger partial charge in [-0.25, -0.2) is 18.7 Å². The first-order valence-corrected chi connectivity index (χ1v) is 16.6. The summed E-state index contributed by atoms with van der Waals surface area (Å²) in [5, 5.41) is 8.37. The Balaban J connectivity index is 1.66. The predicted octanol–water partition coefficient (Wildman–Crippen LogP) is 4.53. The topological polar surface area (TPSA) is 156 Å². The number of allylic oxidation sites excluding steroid dienone is 1. The maximum absolute atomic E-state index is 16.1. The molecule has 0 aliphatic carbocycles. The number of nitrogens with two attached hydrogens (primary N) is 1. The van der Waals surface area contributed by atoms with Gasteiger partial charge in [-0.1, -0.05) is 57.2 Å². The smallest absolute Gasteiger partial charge is 0.411 e. The standard InChI is InChI=1S/C35H47BFN5O7/c1-9-26-35(7)29(42(32(46)49-35)16-11-10-15-41-19-25(39-40-41)23-13-12-14-24(38)17-23)21(3)27(43)20(2)18-33(5,47-8)28(36)22(4)30(44)34(6,37)31(45)48-26/h10-14,17,19-22,26,28-29H,9,15-16,18,38H2,1-8H3/b11-10+/t20-,21+,22-,26-,28-,29-,33-,34+,35-/m1/s1. The van der Waals surface area contributed by atoms with E-state index in [0.717, 1.165) is 12.5 Å². The fourth-order valence-corrected chi connectivity index (χ4v) is 7.26. The number of alkyl halides is 1. The number of hydrogen-bond donors (Lipinski definition) is 1. The summed E-state index contributed by atoms with van der Waals surface area (Å²) in [6, 6.07) is 6.36. The van der Waals surface area contributed by atoms with Gasteiger partial charge in [0, 0.05) is 42.7 Å². The number of Topliss-reactive ketones (excluding diaryl/α,β-unsaturated/α-hetero) is 2. The zero-order chi connectivity index (χ0) is 36.5. The molecule has 0 bridgehead atoms. The van der Waals surface area contributed by atoms with Crippen molar-refractivity contribution >= 4 is 37.2 Å². The van der Waals surface area contributed by atoms with Crippen LogP contribution in [-0.2, 0) is 35.1 Å². The van der Waals surface area contributed by atoms with Crippen LogP contribution in [-0.4, -0.2) is 94.0 Å². The summed E-state index contributed by atoms with van der Waals surface area (Å²) in [4.78, 5) is 55.9. The number of nitrogen functional groups attached to an aromatic ring is 1. The van der Waals surface area contributed by atoms with E-state index in [-0.39, 0.29) is 25.2 Å². The number of rotatable bonds is 7. The third-order valence-corrected chi connectivity index (χ3v) is 10.3. The van der Waals surface area contributed by atoms with Gasteiger partial charge in [-0.05, 0) is 51.6 Å². The molecule has 0 spiro atoms. The lowest BCUT2D eigenvalue weighted by molar-refractivity contribution is -0.180. The number of esters is 1. The molecule has 2 aliphatic rings. The molecular formula is C35H47BFN5O7. The highest BCUT2D eigenvalue weighted by molar-refractivity contribution is 6.17. The minimum absolute atomic E-state index is 0.0454. The summed E-state index contributed by atoms with van der Waals surface area (Å²) in [7, 11) is 7.90. The molecule has 49 heavy (non-hydrogen) atoms. The Morgan fingerprint density at radius 3 is 2.41 bits per heavy atom. The number of cyclic esters (lactones) is 1. The molecule has 1 aromatic carbocycles. The average molecular weight is 680 g/mol. The van der Waals surface area contributed by atoms with Crippen molar-refractivity contribution in [2.75, 3.05) is 19.4 Å². The van der Waals surface area contributed by atoms with Crippen molar-refractivity contribution in [3.63, 3.8) is 0 Å². The Kier molecular flexibility index (Phi) is 11.1. The Morgan fingerprint density at radius 2 is 1.78 bits per heavy atom. The van der Waals surface area contributed by atoms with E-state index in [9.17, 15) is 19.2 Å². The normalized spacial score (nSPS) is 34.8. The Morgan fingerprint density at radius 1 is 1.10 bits per heavy atom. The Labute approximate surface area is 288 Å². The summed E-state index contributed by atoms with van der Waals surface area (Å²) in [5.41, 5.74) is 2.11. The van der Waals surface area contributed by atoms with Gasteiger partial charge < -0.3 is 19.9 Å². The largest absolute Gasteiger partial charge is 0.455 e. The van der Waals surface area contributed by atoms with Gasteiger partial charge in [-0.2, -0.15) is 0 Å². The van der Waals surface area contributed by atoms with Crippen LogP contribution in [0.2, 0.25) is 5.82 Å². The van der Waals surface area contributed by atoms with E-state index in [2.05, 4.69) is 10.3 Å². The SMILES string of the molecule is [B][C@@H]1[C@@H](C)C(=O)[C@](C)(F)C(=O)O[C@H](CC)[C@@]2(C)OC(=O)N(C/C=C/Cn3cc(-c4cccc(N)c4)nn3)[C@@H]2[C@@H](C)C(=O)[C@H](C)C[C@@]1(C)OC. The number of ether oxygens (including phenoxy) is 3. The zero-order valence-corrected chi connectivity index (χ0v) is 29.5. The molecule has 4 rings (SSSR count). The van der Waals surface area contributed by atoms with Crippen LogP contribution in [0.1, 0.15) is 61.3 Å². The maximum atomic E-state index is 16.1. The van der Waals surface area contributed by atoms with Crippen molar-refractivity contribution in [2.24, 2.45) is 17.8 Å². The van der Waals surface area contributed by atoms with Crippen molar-refractivity contribution in [2.45, 2.75) is 103 Å². The van der Waals surface area contributed by atoms with E-state index in [4.69, 9.17) is 27.8 Å². The molecule has 2 aromatic rings. The van der Waals surface area contributed by atoms with Gasteiger partial charge in [-0.3, -0.25) is 14.5 Å². The van der Waals surface area contributed by atoms with Gasteiger partial charge in [0.25, 0.3) is 5.67 Å². The number of fused-ring (bicyclic) bond motifs is 1. The summed E-state index contributed by atoms with van der Waals surface area (Å²) < 4.78 is 35.1. The number of benzene rings is 1. The van der Waals surface area contributed by atoms with E-state index >= 15 is 4.39 Å². The molecule has 3 heterocycles. The first kappa shape index (κ1) is 37.7. The van der Waals surface area contributed by atoms with Crippen molar-refractivity contribution in [1.29, 1.82) is 0 Å². The fraction of sp³-hybridized carbons (Fsp3) is 0.600. The van der Waals surface area contributed by atoms with Gasteiger partial charge in [0.05, 0.1) is 32.2 Å². The number of carbonyl (C=O) groups is 4. The minimum atomic E-state index is -3.05. The quantitative estimate of drug-likeness (QED) is 0.145. The second-order valence-electron chi connectivity index (χ2n) is 13.9. The van der Waals surface area contributed by atoms with Crippen LogP contribution < -0.4 is 5.73 Å².